The Bertz CT molecular complexity index is 1880. The molecule has 7 rings (SSSR count). The van der Waals surface area contributed by atoms with Gasteiger partial charge in [-0.2, -0.15) is 9.97 Å². The Morgan fingerprint density at radius 2 is 1.98 bits per heavy atom. The van der Waals surface area contributed by atoms with Crippen molar-refractivity contribution < 1.29 is 32.1 Å². The van der Waals surface area contributed by atoms with Crippen LogP contribution in [0.2, 0.25) is 0 Å². The SMILES string of the molecule is C#Cc1c(F)ccc2cc(O)cc(-c3ncc4c(N5CCOCC(F)(F)C5)nc(OCC56CCCC5N(C)CCC6)nc4c3F)c12. The first-order chi connectivity index (χ1) is 22.1. The van der Waals surface area contributed by atoms with Crippen molar-refractivity contribution in [2.45, 2.75) is 44.1 Å². The number of benzene rings is 2. The van der Waals surface area contributed by atoms with Gasteiger partial charge in [-0.15, -0.1) is 6.42 Å². The van der Waals surface area contributed by atoms with E-state index >= 15 is 4.39 Å². The third-order valence-electron chi connectivity index (χ3n) is 9.70. The summed E-state index contributed by atoms with van der Waals surface area (Å²) in [6.07, 6.45) is 12.0. The molecule has 2 aliphatic heterocycles. The molecule has 0 amide bonds. The van der Waals surface area contributed by atoms with Crippen LogP contribution in [0, 0.1) is 29.4 Å². The molecule has 4 heterocycles. The molecule has 1 aliphatic carbocycles. The number of halogens is 4. The van der Waals surface area contributed by atoms with Crippen LogP contribution in [-0.2, 0) is 4.74 Å². The van der Waals surface area contributed by atoms with Crippen molar-refractivity contribution >= 4 is 27.5 Å². The summed E-state index contributed by atoms with van der Waals surface area (Å²) >= 11 is 0. The number of hydrogen-bond donors (Lipinski definition) is 1. The van der Waals surface area contributed by atoms with Crippen LogP contribution in [0.15, 0.2) is 30.5 Å². The van der Waals surface area contributed by atoms with Crippen molar-refractivity contribution in [3.63, 3.8) is 0 Å². The molecule has 46 heavy (non-hydrogen) atoms. The van der Waals surface area contributed by atoms with E-state index in [9.17, 15) is 18.3 Å². The summed E-state index contributed by atoms with van der Waals surface area (Å²) in [5.41, 5.74) is -0.644. The molecule has 2 unspecified atom stereocenters. The van der Waals surface area contributed by atoms with E-state index in [4.69, 9.17) is 15.9 Å². The van der Waals surface area contributed by atoms with Gasteiger partial charge in [-0.3, -0.25) is 4.98 Å². The number of phenolic OH excluding ortho intramolecular Hbond substituents is 1. The average Bonchev–Trinajstić information content (AvgIpc) is 3.38. The van der Waals surface area contributed by atoms with Gasteiger partial charge < -0.3 is 24.4 Å². The van der Waals surface area contributed by atoms with Gasteiger partial charge in [0.1, 0.15) is 35.2 Å². The lowest BCUT2D eigenvalue weighted by Crippen LogP contribution is -2.50. The molecule has 2 saturated heterocycles. The molecule has 0 spiro atoms. The summed E-state index contributed by atoms with van der Waals surface area (Å²) in [5, 5.41) is 11.2. The van der Waals surface area contributed by atoms with Gasteiger partial charge in [-0.1, -0.05) is 18.4 Å². The first kappa shape index (κ1) is 30.4. The van der Waals surface area contributed by atoms with Crippen LogP contribution in [-0.4, -0.2) is 83.4 Å². The van der Waals surface area contributed by atoms with E-state index in [1.807, 2.05) is 0 Å². The molecule has 0 radical (unpaired) electrons. The van der Waals surface area contributed by atoms with Crippen LogP contribution in [0.25, 0.3) is 32.9 Å². The van der Waals surface area contributed by atoms with Crippen LogP contribution >= 0.6 is 0 Å². The highest BCUT2D eigenvalue weighted by Gasteiger charge is 2.47. The second-order valence-corrected chi connectivity index (χ2v) is 12.6. The number of fused-ring (bicyclic) bond motifs is 3. The van der Waals surface area contributed by atoms with E-state index in [1.165, 1.54) is 35.4 Å². The van der Waals surface area contributed by atoms with Gasteiger partial charge in [0.05, 0.1) is 30.7 Å². The second kappa shape index (κ2) is 11.5. The summed E-state index contributed by atoms with van der Waals surface area (Å²) in [4.78, 5) is 17.1. The minimum atomic E-state index is -3.18. The van der Waals surface area contributed by atoms with Gasteiger partial charge in [0.15, 0.2) is 5.82 Å². The van der Waals surface area contributed by atoms with Crippen LogP contribution in [0.1, 0.15) is 37.7 Å². The third-order valence-corrected chi connectivity index (χ3v) is 9.70. The lowest BCUT2D eigenvalue weighted by Gasteiger charge is -2.44. The molecule has 4 aromatic rings. The number of anilines is 1. The number of rotatable bonds is 5. The van der Waals surface area contributed by atoms with Gasteiger partial charge in [-0.25, -0.2) is 17.6 Å². The van der Waals surface area contributed by atoms with Crippen LogP contribution in [0.5, 0.6) is 11.8 Å². The van der Waals surface area contributed by atoms with Crippen LogP contribution in [0.4, 0.5) is 23.4 Å². The van der Waals surface area contributed by atoms with Gasteiger partial charge in [0, 0.05) is 35.1 Å². The predicted octanol–water partition coefficient (Wildman–Crippen LogP) is 5.93. The number of pyridine rings is 1. The normalized spacial score (nSPS) is 23.3. The van der Waals surface area contributed by atoms with Gasteiger partial charge in [0.2, 0.25) is 0 Å². The van der Waals surface area contributed by atoms with Gasteiger partial charge in [0.25, 0.3) is 5.92 Å². The molecule has 1 N–H and O–H groups in total. The number of aromatic hydroxyl groups is 1. The van der Waals surface area contributed by atoms with Crippen molar-refractivity contribution in [2.75, 3.05) is 51.4 Å². The van der Waals surface area contributed by atoms with Crippen molar-refractivity contribution in [1.29, 1.82) is 0 Å². The highest BCUT2D eigenvalue weighted by Crippen LogP contribution is 2.47. The van der Waals surface area contributed by atoms with E-state index in [-0.39, 0.29) is 69.3 Å². The van der Waals surface area contributed by atoms with E-state index in [0.717, 1.165) is 38.6 Å². The molecule has 0 bridgehead atoms. The highest BCUT2D eigenvalue weighted by atomic mass is 19.3. The van der Waals surface area contributed by atoms with Crippen molar-refractivity contribution in [2.24, 2.45) is 5.41 Å². The second-order valence-electron chi connectivity index (χ2n) is 12.6. The van der Waals surface area contributed by atoms with E-state index in [1.54, 1.807) is 0 Å². The Labute approximate surface area is 263 Å². The van der Waals surface area contributed by atoms with Crippen molar-refractivity contribution in [3.8, 4) is 35.4 Å². The summed E-state index contributed by atoms with van der Waals surface area (Å²) in [5.74, 6) is -2.63. The van der Waals surface area contributed by atoms with E-state index in [2.05, 4.69) is 32.8 Å². The Kier molecular flexibility index (Phi) is 7.64. The minimum absolute atomic E-state index is 0.0120. The summed E-state index contributed by atoms with van der Waals surface area (Å²) in [7, 11) is 2.11. The number of aromatic nitrogens is 3. The number of alkyl halides is 2. The average molecular weight is 636 g/mol. The Morgan fingerprint density at radius 3 is 2.80 bits per heavy atom. The standard InChI is InChI=1S/C34H33F4N5O3/c1-3-22-25(35)8-7-20-14-21(44)15-23(27(20)22)29-28(36)30-24(16-39-29)31(43-12-13-45-19-34(37,38)17-43)41-32(40-30)46-18-33-9-4-6-26(33)42(2)11-5-10-33/h1,7-8,14-16,26,44H,4-6,9-13,17-19H2,2H3. The molecule has 3 aliphatic rings. The molecular weight excluding hydrogens is 602 g/mol. The molecule has 12 heteroatoms. The lowest BCUT2D eigenvalue weighted by molar-refractivity contribution is -0.0564. The van der Waals surface area contributed by atoms with Gasteiger partial charge >= 0.3 is 6.01 Å². The topological polar surface area (TPSA) is 83.8 Å². The Morgan fingerprint density at radius 1 is 1.15 bits per heavy atom. The first-order valence-corrected chi connectivity index (χ1v) is 15.4. The molecular formula is C34H33F4N5O3. The molecule has 240 valence electrons. The maximum atomic E-state index is 16.7. The summed E-state index contributed by atoms with van der Waals surface area (Å²) in [6.45, 7) is -0.0665. The fraction of sp³-hybridized carbons (Fsp3) is 0.441. The fourth-order valence-electron chi connectivity index (χ4n) is 7.63. The summed E-state index contributed by atoms with van der Waals surface area (Å²) < 4.78 is 72.4. The van der Waals surface area contributed by atoms with E-state index < -0.39 is 30.7 Å². The van der Waals surface area contributed by atoms with Crippen molar-refractivity contribution in [1.82, 2.24) is 19.9 Å². The zero-order valence-electron chi connectivity index (χ0n) is 25.3. The zero-order valence-corrected chi connectivity index (χ0v) is 25.3. The summed E-state index contributed by atoms with van der Waals surface area (Å²) in [6, 6.07) is 5.44. The largest absolute Gasteiger partial charge is 0.508 e. The number of terminal acetylenes is 1. The smallest absolute Gasteiger partial charge is 0.319 e. The fourth-order valence-corrected chi connectivity index (χ4v) is 7.63. The molecule has 2 aromatic carbocycles. The molecule has 1 saturated carbocycles. The monoisotopic (exact) mass is 635 g/mol. The number of ether oxygens (including phenoxy) is 2. The highest BCUT2D eigenvalue weighted by molar-refractivity contribution is 6.03. The number of hydrogen-bond acceptors (Lipinski definition) is 8. The predicted molar refractivity (Wildman–Crippen MR) is 165 cm³/mol. The number of piperidine rings is 1. The van der Waals surface area contributed by atoms with Crippen LogP contribution in [0.3, 0.4) is 0 Å². The minimum Gasteiger partial charge on any atom is -0.508 e. The lowest BCUT2D eigenvalue weighted by atomic mass is 9.76. The van der Waals surface area contributed by atoms with E-state index in [0.29, 0.717) is 18.0 Å². The number of nitrogens with zero attached hydrogens (tertiary/aromatic N) is 5. The molecule has 3 fully saturated rings. The third kappa shape index (κ3) is 5.25. The van der Waals surface area contributed by atoms with Gasteiger partial charge in [-0.05, 0) is 62.9 Å². The zero-order chi connectivity index (χ0) is 32.2. The first-order valence-electron chi connectivity index (χ1n) is 15.4. The molecule has 8 nitrogen and oxygen atoms in total. The van der Waals surface area contributed by atoms with Crippen molar-refractivity contribution in [3.05, 3.63) is 47.7 Å². The number of phenols is 1. The molecule has 2 atom stereocenters. The maximum Gasteiger partial charge on any atom is 0.319 e. The quantitative estimate of drug-likeness (QED) is 0.214. The number of likely N-dealkylation sites (tertiary alicyclic amines) is 1. The maximum absolute atomic E-state index is 16.7. The molecule has 2 aromatic heterocycles. The van der Waals surface area contributed by atoms with Crippen LogP contribution < -0.4 is 9.64 Å². The Hall–Kier alpha value is -4.21. The Balaban J connectivity index is 1.39.